The SMILES string of the molecule is COc1cncc(-c2ccc(N)cc2-c2nnn[nH]2)c1. The first-order chi connectivity index (χ1) is 9.78. The van der Waals surface area contributed by atoms with Crippen molar-refractivity contribution in [3.63, 3.8) is 0 Å². The second-order valence-electron chi connectivity index (χ2n) is 4.17. The summed E-state index contributed by atoms with van der Waals surface area (Å²) in [5.74, 6) is 1.23. The molecule has 20 heavy (non-hydrogen) atoms. The Morgan fingerprint density at radius 3 is 2.80 bits per heavy atom. The van der Waals surface area contributed by atoms with Crippen molar-refractivity contribution >= 4 is 5.69 Å². The molecule has 0 unspecified atom stereocenters. The topological polar surface area (TPSA) is 103 Å². The first-order valence-corrected chi connectivity index (χ1v) is 5.91. The summed E-state index contributed by atoms with van der Waals surface area (Å²) in [6.45, 7) is 0. The van der Waals surface area contributed by atoms with Gasteiger partial charge in [0.1, 0.15) is 5.75 Å². The first-order valence-electron chi connectivity index (χ1n) is 5.91. The van der Waals surface area contributed by atoms with Crippen LogP contribution in [0, 0.1) is 0 Å². The van der Waals surface area contributed by atoms with E-state index in [1.807, 2.05) is 24.3 Å². The number of nitrogens with zero attached hydrogens (tertiary/aromatic N) is 4. The van der Waals surface area contributed by atoms with E-state index in [1.54, 1.807) is 19.5 Å². The molecule has 0 aliphatic heterocycles. The van der Waals surface area contributed by atoms with Gasteiger partial charge in [-0.1, -0.05) is 6.07 Å². The summed E-state index contributed by atoms with van der Waals surface area (Å²) in [7, 11) is 1.60. The van der Waals surface area contributed by atoms with E-state index in [4.69, 9.17) is 10.5 Å². The van der Waals surface area contributed by atoms with Crippen LogP contribution >= 0.6 is 0 Å². The molecule has 0 aliphatic carbocycles. The highest BCUT2D eigenvalue weighted by Crippen LogP contribution is 2.32. The van der Waals surface area contributed by atoms with E-state index in [1.165, 1.54) is 0 Å². The minimum Gasteiger partial charge on any atom is -0.495 e. The Morgan fingerprint density at radius 2 is 2.05 bits per heavy atom. The quantitative estimate of drug-likeness (QED) is 0.698. The van der Waals surface area contributed by atoms with Gasteiger partial charge in [0.25, 0.3) is 0 Å². The fourth-order valence-corrected chi connectivity index (χ4v) is 1.96. The van der Waals surface area contributed by atoms with Crippen molar-refractivity contribution < 1.29 is 4.74 Å². The van der Waals surface area contributed by atoms with Gasteiger partial charge in [-0.2, -0.15) is 0 Å². The zero-order chi connectivity index (χ0) is 13.9. The molecule has 0 radical (unpaired) electrons. The second kappa shape index (κ2) is 4.96. The van der Waals surface area contributed by atoms with E-state index in [9.17, 15) is 0 Å². The number of rotatable bonds is 3. The maximum absolute atomic E-state index is 5.84. The maximum Gasteiger partial charge on any atom is 0.180 e. The molecule has 0 saturated heterocycles. The molecule has 2 heterocycles. The molecule has 7 heteroatoms. The number of H-pyrrole nitrogens is 1. The number of nitrogen functional groups attached to an aromatic ring is 1. The number of aromatic nitrogens is 5. The van der Waals surface area contributed by atoms with Gasteiger partial charge in [-0.3, -0.25) is 4.98 Å². The van der Waals surface area contributed by atoms with Gasteiger partial charge in [0.15, 0.2) is 5.82 Å². The number of pyridine rings is 1. The number of benzene rings is 1. The zero-order valence-corrected chi connectivity index (χ0v) is 10.7. The van der Waals surface area contributed by atoms with Crippen molar-refractivity contribution in [3.05, 3.63) is 36.7 Å². The van der Waals surface area contributed by atoms with Crippen LogP contribution in [0.3, 0.4) is 0 Å². The summed E-state index contributed by atoms with van der Waals surface area (Å²) in [5.41, 5.74) is 9.11. The van der Waals surface area contributed by atoms with Crippen LogP contribution in [0.25, 0.3) is 22.5 Å². The number of ether oxygens (including phenoxy) is 1. The molecule has 1 aromatic carbocycles. The van der Waals surface area contributed by atoms with Crippen LogP contribution in [0.15, 0.2) is 36.7 Å². The average Bonchev–Trinajstić information content (AvgIpc) is 3.01. The number of nitrogens with one attached hydrogen (secondary N) is 1. The first kappa shape index (κ1) is 12.1. The van der Waals surface area contributed by atoms with Gasteiger partial charge >= 0.3 is 0 Å². The van der Waals surface area contributed by atoms with Crippen molar-refractivity contribution in [1.29, 1.82) is 0 Å². The third-order valence-electron chi connectivity index (χ3n) is 2.90. The van der Waals surface area contributed by atoms with Crippen molar-refractivity contribution in [2.75, 3.05) is 12.8 Å². The van der Waals surface area contributed by atoms with Crippen molar-refractivity contribution in [1.82, 2.24) is 25.6 Å². The van der Waals surface area contributed by atoms with Gasteiger partial charge in [0.2, 0.25) is 0 Å². The van der Waals surface area contributed by atoms with E-state index in [2.05, 4.69) is 25.6 Å². The van der Waals surface area contributed by atoms with E-state index >= 15 is 0 Å². The highest BCUT2D eigenvalue weighted by molar-refractivity contribution is 5.82. The third-order valence-corrected chi connectivity index (χ3v) is 2.90. The smallest absolute Gasteiger partial charge is 0.180 e. The molecule has 0 atom stereocenters. The number of hydrogen-bond acceptors (Lipinski definition) is 6. The number of nitrogens with two attached hydrogens (primary N) is 1. The summed E-state index contributed by atoms with van der Waals surface area (Å²) in [6, 6.07) is 7.44. The van der Waals surface area contributed by atoms with E-state index in [0.29, 0.717) is 17.3 Å². The summed E-state index contributed by atoms with van der Waals surface area (Å²) in [4.78, 5) is 4.16. The highest BCUT2D eigenvalue weighted by Gasteiger charge is 2.12. The fraction of sp³-hybridized carbons (Fsp3) is 0.0769. The lowest BCUT2D eigenvalue weighted by Gasteiger charge is -2.09. The van der Waals surface area contributed by atoms with Crippen LogP contribution in [-0.2, 0) is 0 Å². The Morgan fingerprint density at radius 1 is 1.15 bits per heavy atom. The minimum absolute atomic E-state index is 0.551. The lowest BCUT2D eigenvalue weighted by molar-refractivity contribution is 0.413. The lowest BCUT2D eigenvalue weighted by atomic mass is 10.00. The normalized spacial score (nSPS) is 10.4. The number of anilines is 1. The van der Waals surface area contributed by atoms with E-state index in [-0.39, 0.29) is 0 Å². The van der Waals surface area contributed by atoms with Gasteiger partial charge in [-0.05, 0) is 34.2 Å². The molecule has 0 amide bonds. The number of aromatic amines is 1. The Kier molecular flexibility index (Phi) is 3.00. The molecule has 3 rings (SSSR count). The third kappa shape index (κ3) is 2.16. The highest BCUT2D eigenvalue weighted by atomic mass is 16.5. The Bertz CT molecular complexity index is 725. The number of methoxy groups -OCH3 is 1. The Labute approximate surface area is 114 Å². The minimum atomic E-state index is 0.551. The van der Waals surface area contributed by atoms with Crippen LogP contribution in [0.5, 0.6) is 5.75 Å². The molecule has 0 spiro atoms. The van der Waals surface area contributed by atoms with Crippen molar-refractivity contribution in [3.8, 4) is 28.3 Å². The van der Waals surface area contributed by atoms with Gasteiger partial charge < -0.3 is 10.5 Å². The van der Waals surface area contributed by atoms with Crippen LogP contribution in [0.4, 0.5) is 5.69 Å². The van der Waals surface area contributed by atoms with Gasteiger partial charge in [-0.15, -0.1) is 5.10 Å². The molecule has 3 N–H and O–H groups in total. The number of hydrogen-bond donors (Lipinski definition) is 2. The molecule has 3 aromatic rings. The molecule has 0 aliphatic rings. The number of tetrazole rings is 1. The monoisotopic (exact) mass is 268 g/mol. The van der Waals surface area contributed by atoms with Crippen molar-refractivity contribution in [2.24, 2.45) is 0 Å². The Balaban J connectivity index is 2.18. The predicted octanol–water partition coefficient (Wildman–Crippen LogP) is 1.52. The molecule has 2 aromatic heterocycles. The van der Waals surface area contributed by atoms with Crippen molar-refractivity contribution in [2.45, 2.75) is 0 Å². The fourth-order valence-electron chi connectivity index (χ4n) is 1.96. The molecule has 0 bridgehead atoms. The molecular formula is C13H12N6O. The largest absolute Gasteiger partial charge is 0.495 e. The predicted molar refractivity (Wildman–Crippen MR) is 73.8 cm³/mol. The second-order valence-corrected chi connectivity index (χ2v) is 4.17. The molecular weight excluding hydrogens is 256 g/mol. The summed E-state index contributed by atoms with van der Waals surface area (Å²) < 4.78 is 5.20. The summed E-state index contributed by atoms with van der Waals surface area (Å²) >= 11 is 0. The molecule has 7 nitrogen and oxygen atoms in total. The maximum atomic E-state index is 5.84. The van der Waals surface area contributed by atoms with Gasteiger partial charge in [-0.25, -0.2) is 5.10 Å². The molecule has 0 saturated carbocycles. The Hall–Kier alpha value is -2.96. The zero-order valence-electron chi connectivity index (χ0n) is 10.7. The van der Waals surface area contributed by atoms with E-state index in [0.717, 1.165) is 16.7 Å². The summed E-state index contributed by atoms with van der Waals surface area (Å²) in [5, 5.41) is 13.9. The van der Waals surface area contributed by atoms with Crippen LogP contribution < -0.4 is 10.5 Å². The van der Waals surface area contributed by atoms with Crippen LogP contribution in [0.1, 0.15) is 0 Å². The van der Waals surface area contributed by atoms with Gasteiger partial charge in [0, 0.05) is 23.0 Å². The standard InChI is InChI=1S/C13H12N6O/c1-20-10-4-8(6-15-7-10)11-3-2-9(14)5-12(11)13-16-18-19-17-13/h2-7H,14H2,1H3,(H,16,17,18,19). The molecule has 100 valence electrons. The molecule has 0 fully saturated rings. The van der Waals surface area contributed by atoms with Crippen LogP contribution in [0.2, 0.25) is 0 Å². The van der Waals surface area contributed by atoms with Crippen LogP contribution in [-0.4, -0.2) is 32.7 Å². The lowest BCUT2D eigenvalue weighted by Crippen LogP contribution is -1.93. The average molecular weight is 268 g/mol. The van der Waals surface area contributed by atoms with Gasteiger partial charge in [0.05, 0.1) is 13.3 Å². The summed E-state index contributed by atoms with van der Waals surface area (Å²) in [6.07, 6.45) is 3.40. The van der Waals surface area contributed by atoms with E-state index < -0.39 is 0 Å².